The Morgan fingerprint density at radius 3 is 1.06 bits per heavy atom. The van der Waals surface area contributed by atoms with Crippen LogP contribution in [0.2, 0.25) is 0 Å². The average Bonchev–Trinajstić information content (AvgIpc) is 3.56. The van der Waals surface area contributed by atoms with Crippen molar-refractivity contribution in [2.45, 2.75) is 0 Å². The summed E-state index contributed by atoms with van der Waals surface area (Å²) in [7, 11) is 0. The molecule has 0 aliphatic heterocycles. The highest BCUT2D eigenvalue weighted by Gasteiger charge is 2.16. The third-order valence-electron chi connectivity index (χ3n) is 8.91. The molecule has 0 bridgehead atoms. The second-order valence-corrected chi connectivity index (χ2v) is 12.1. The Morgan fingerprint density at radius 1 is 0.265 bits per heavy atom. The van der Waals surface area contributed by atoms with Crippen molar-refractivity contribution in [3.05, 3.63) is 176 Å². The molecule has 0 amide bonds. The van der Waals surface area contributed by atoms with E-state index in [1.807, 2.05) is 66.7 Å². The van der Waals surface area contributed by atoms with Crippen LogP contribution >= 0.6 is 0 Å². The van der Waals surface area contributed by atoms with Gasteiger partial charge in [0.1, 0.15) is 11.2 Å². The first kappa shape index (κ1) is 28.6. The summed E-state index contributed by atoms with van der Waals surface area (Å²) in [5.41, 5.74) is 11.3. The quantitative estimate of drug-likeness (QED) is 0.184. The van der Waals surface area contributed by atoms with E-state index in [1.165, 1.54) is 22.3 Å². The van der Waals surface area contributed by atoms with E-state index in [2.05, 4.69) is 109 Å². The normalized spacial score (nSPS) is 11.3. The fourth-order valence-corrected chi connectivity index (χ4v) is 6.42. The first-order chi connectivity index (χ1) is 24.2. The first-order valence-electron chi connectivity index (χ1n) is 16.4. The fraction of sp³-hybridized carbons (Fsp3) is 0. The van der Waals surface area contributed by atoms with Gasteiger partial charge < -0.3 is 4.42 Å². The van der Waals surface area contributed by atoms with Crippen molar-refractivity contribution in [1.29, 1.82) is 0 Å². The molecule has 0 aliphatic rings. The molecule has 7 aromatic carbocycles. The number of furan rings is 1. The largest absolute Gasteiger partial charge is 0.456 e. The summed E-state index contributed by atoms with van der Waals surface area (Å²) < 4.78 is 6.57. The van der Waals surface area contributed by atoms with Gasteiger partial charge >= 0.3 is 0 Å². The van der Waals surface area contributed by atoms with Crippen molar-refractivity contribution in [2.24, 2.45) is 0 Å². The van der Waals surface area contributed by atoms with E-state index in [-0.39, 0.29) is 0 Å². The van der Waals surface area contributed by atoms with Crippen molar-refractivity contribution >= 4 is 21.9 Å². The number of fused-ring (bicyclic) bond motifs is 3. The fourth-order valence-electron chi connectivity index (χ4n) is 6.42. The van der Waals surface area contributed by atoms with E-state index >= 15 is 0 Å². The van der Waals surface area contributed by atoms with Gasteiger partial charge in [-0.1, -0.05) is 133 Å². The zero-order chi connectivity index (χ0) is 32.6. The van der Waals surface area contributed by atoms with Crippen LogP contribution in [0.5, 0.6) is 0 Å². The Balaban J connectivity index is 1.15. The number of benzene rings is 7. The summed E-state index contributed by atoms with van der Waals surface area (Å²) in [5.74, 6) is 1.86. The lowest BCUT2D eigenvalue weighted by Crippen LogP contribution is -2.00. The van der Waals surface area contributed by atoms with Gasteiger partial charge in [0.2, 0.25) is 0 Å². The number of aromatic nitrogens is 3. The van der Waals surface area contributed by atoms with Gasteiger partial charge in [0.15, 0.2) is 17.5 Å². The van der Waals surface area contributed by atoms with Crippen LogP contribution < -0.4 is 0 Å². The zero-order valence-electron chi connectivity index (χ0n) is 26.5. The molecule has 0 N–H and O–H groups in total. The highest BCUT2D eigenvalue weighted by atomic mass is 16.3. The van der Waals surface area contributed by atoms with Crippen molar-refractivity contribution in [3.8, 4) is 67.5 Å². The van der Waals surface area contributed by atoms with Gasteiger partial charge in [-0.2, -0.15) is 0 Å². The van der Waals surface area contributed by atoms with E-state index in [9.17, 15) is 0 Å². The number of nitrogens with zero attached hydrogens (tertiary/aromatic N) is 3. The lowest BCUT2D eigenvalue weighted by Gasteiger charge is -2.11. The summed E-state index contributed by atoms with van der Waals surface area (Å²) >= 11 is 0. The molecule has 0 saturated carbocycles. The highest BCUT2D eigenvalue weighted by Crippen LogP contribution is 2.37. The van der Waals surface area contributed by atoms with Crippen molar-refractivity contribution in [1.82, 2.24) is 15.0 Å². The minimum atomic E-state index is 0.599. The smallest absolute Gasteiger partial charge is 0.164 e. The monoisotopic (exact) mass is 627 g/mol. The SMILES string of the molecule is c1ccc(-c2cc(-c3ccccc3)cc(-c3ccc4c(c3)oc3cc(-c5nc(-c6ccccc6)nc(-c6ccccc6)n5)ccc34)c2)cc1. The topological polar surface area (TPSA) is 51.8 Å². The Hall–Kier alpha value is -6.65. The van der Waals surface area contributed by atoms with Crippen LogP contribution in [0.15, 0.2) is 180 Å². The number of hydrogen-bond donors (Lipinski definition) is 0. The van der Waals surface area contributed by atoms with Crippen LogP contribution in [0.1, 0.15) is 0 Å². The van der Waals surface area contributed by atoms with Gasteiger partial charge in [-0.3, -0.25) is 0 Å². The lowest BCUT2D eigenvalue weighted by atomic mass is 9.93. The van der Waals surface area contributed by atoms with Gasteiger partial charge in [0.05, 0.1) is 0 Å². The molecular formula is C45H29N3O. The van der Waals surface area contributed by atoms with E-state index < -0.39 is 0 Å². The second-order valence-electron chi connectivity index (χ2n) is 12.1. The maximum absolute atomic E-state index is 6.57. The van der Waals surface area contributed by atoms with Crippen LogP contribution in [-0.4, -0.2) is 15.0 Å². The number of hydrogen-bond acceptors (Lipinski definition) is 4. The molecule has 4 heteroatoms. The Bertz CT molecular complexity index is 2280. The summed E-state index contributed by atoms with van der Waals surface area (Å²) in [6, 6.07) is 60.6. The van der Waals surface area contributed by atoms with Gasteiger partial charge in [-0.25, -0.2) is 15.0 Å². The molecule has 0 aliphatic carbocycles. The molecule has 2 heterocycles. The van der Waals surface area contributed by atoms with E-state index in [0.29, 0.717) is 17.5 Å². The molecule has 0 saturated heterocycles. The standard InChI is InChI=1S/C45H29N3O/c1-5-13-30(14-6-1)36-25-37(31-15-7-2-8-16-31)27-38(26-36)34-21-23-39-40-24-22-35(29-42(40)49-41(39)28-34)45-47-43(32-17-9-3-10-18-32)46-44(48-45)33-19-11-4-12-20-33/h1-29H. The maximum Gasteiger partial charge on any atom is 0.164 e. The molecule has 49 heavy (non-hydrogen) atoms. The van der Waals surface area contributed by atoms with Gasteiger partial charge in [-0.05, 0) is 75.8 Å². The predicted molar refractivity (Wildman–Crippen MR) is 200 cm³/mol. The minimum absolute atomic E-state index is 0.599. The molecule has 2 aromatic heterocycles. The molecule has 0 spiro atoms. The Morgan fingerprint density at radius 2 is 0.612 bits per heavy atom. The molecule has 4 nitrogen and oxygen atoms in total. The van der Waals surface area contributed by atoms with E-state index in [0.717, 1.165) is 49.8 Å². The molecule has 0 fully saturated rings. The average molecular weight is 628 g/mol. The first-order valence-corrected chi connectivity index (χ1v) is 16.4. The van der Waals surface area contributed by atoms with Gasteiger partial charge in [0.25, 0.3) is 0 Å². The Labute approximate surface area is 284 Å². The van der Waals surface area contributed by atoms with Crippen LogP contribution in [0.4, 0.5) is 0 Å². The molecular weight excluding hydrogens is 599 g/mol. The van der Waals surface area contributed by atoms with Crippen LogP contribution in [0.3, 0.4) is 0 Å². The molecule has 0 radical (unpaired) electrons. The van der Waals surface area contributed by atoms with Gasteiger partial charge in [0, 0.05) is 27.5 Å². The summed E-state index contributed by atoms with van der Waals surface area (Å²) in [6.45, 7) is 0. The predicted octanol–water partition coefficient (Wildman–Crippen LogP) is 11.8. The molecule has 0 atom stereocenters. The highest BCUT2D eigenvalue weighted by molar-refractivity contribution is 6.07. The van der Waals surface area contributed by atoms with Gasteiger partial charge in [-0.15, -0.1) is 0 Å². The van der Waals surface area contributed by atoms with E-state index in [4.69, 9.17) is 19.4 Å². The van der Waals surface area contributed by atoms with Crippen molar-refractivity contribution in [3.63, 3.8) is 0 Å². The molecule has 230 valence electrons. The third kappa shape index (κ3) is 5.56. The maximum atomic E-state index is 6.57. The second kappa shape index (κ2) is 12.2. The molecule has 0 unspecified atom stereocenters. The Kier molecular flexibility index (Phi) is 7.10. The summed E-state index contributed by atoms with van der Waals surface area (Å²) in [6.07, 6.45) is 0. The van der Waals surface area contributed by atoms with Crippen molar-refractivity contribution < 1.29 is 4.42 Å². The van der Waals surface area contributed by atoms with E-state index in [1.54, 1.807) is 0 Å². The van der Waals surface area contributed by atoms with Crippen molar-refractivity contribution in [2.75, 3.05) is 0 Å². The number of rotatable bonds is 6. The third-order valence-corrected chi connectivity index (χ3v) is 8.91. The van der Waals surface area contributed by atoms with Crippen LogP contribution in [-0.2, 0) is 0 Å². The summed E-state index contributed by atoms with van der Waals surface area (Å²) in [5, 5.41) is 2.12. The minimum Gasteiger partial charge on any atom is -0.456 e. The lowest BCUT2D eigenvalue weighted by molar-refractivity contribution is 0.669. The summed E-state index contributed by atoms with van der Waals surface area (Å²) in [4.78, 5) is 14.7. The van der Waals surface area contributed by atoms with Crippen LogP contribution in [0, 0.1) is 0 Å². The molecule has 9 rings (SSSR count). The molecule has 9 aromatic rings. The zero-order valence-corrected chi connectivity index (χ0v) is 26.5. The van der Waals surface area contributed by atoms with Crippen LogP contribution in [0.25, 0.3) is 89.5 Å².